The van der Waals surface area contributed by atoms with Gasteiger partial charge in [-0.25, -0.2) is 4.98 Å². The third-order valence-electron chi connectivity index (χ3n) is 2.93. The smallest absolute Gasteiger partial charge is 0.230 e. The summed E-state index contributed by atoms with van der Waals surface area (Å²) in [5.41, 5.74) is 9.79. The Labute approximate surface area is 109 Å². The molecule has 2 N–H and O–H groups in total. The molecule has 3 nitrogen and oxygen atoms in total. The Bertz CT molecular complexity index is 712. The number of anilines is 1. The van der Waals surface area contributed by atoms with Crippen LogP contribution in [0.25, 0.3) is 22.6 Å². The zero-order valence-electron chi connectivity index (χ0n) is 10.4. The summed E-state index contributed by atoms with van der Waals surface area (Å²) in [6.07, 6.45) is 0.980. The quantitative estimate of drug-likeness (QED) is 0.755. The molecule has 0 spiro atoms. The second kappa shape index (κ2) is 4.14. The van der Waals surface area contributed by atoms with E-state index >= 15 is 0 Å². The molecule has 0 fully saturated rings. The highest BCUT2D eigenvalue weighted by molar-refractivity contribution is 7.16. The van der Waals surface area contributed by atoms with Crippen molar-refractivity contribution in [3.05, 3.63) is 34.7 Å². The van der Waals surface area contributed by atoms with Crippen molar-refractivity contribution in [2.24, 2.45) is 0 Å². The van der Waals surface area contributed by atoms with Gasteiger partial charge in [0.25, 0.3) is 0 Å². The highest BCUT2D eigenvalue weighted by Crippen LogP contribution is 2.35. The molecule has 0 bridgehead atoms. The molecule has 4 heteroatoms. The second-order valence-electron chi connectivity index (χ2n) is 4.33. The number of oxazole rings is 1. The standard InChI is InChI=1S/C14H14N2OS/c1-3-9-7-10(13(15)18-9)14-16-11-6-8(2)4-5-12(11)17-14/h4-7H,3,15H2,1-2H3. The number of rotatable bonds is 2. The van der Waals surface area contributed by atoms with E-state index in [-0.39, 0.29) is 0 Å². The van der Waals surface area contributed by atoms with E-state index in [1.807, 2.05) is 25.1 Å². The van der Waals surface area contributed by atoms with Crippen LogP contribution in [0, 0.1) is 6.92 Å². The van der Waals surface area contributed by atoms with Crippen LogP contribution >= 0.6 is 11.3 Å². The minimum absolute atomic E-state index is 0.615. The molecular formula is C14H14N2OS. The molecular weight excluding hydrogens is 244 g/mol. The van der Waals surface area contributed by atoms with Crippen LogP contribution < -0.4 is 5.73 Å². The van der Waals surface area contributed by atoms with Crippen molar-refractivity contribution in [1.82, 2.24) is 4.98 Å². The number of thiophene rings is 1. The van der Waals surface area contributed by atoms with Crippen molar-refractivity contribution in [2.45, 2.75) is 20.3 Å². The molecule has 1 aromatic carbocycles. The molecule has 2 heterocycles. The van der Waals surface area contributed by atoms with Crippen molar-refractivity contribution in [3.8, 4) is 11.5 Å². The van der Waals surface area contributed by atoms with E-state index in [4.69, 9.17) is 10.2 Å². The molecule has 0 amide bonds. The molecule has 0 aliphatic carbocycles. The van der Waals surface area contributed by atoms with Gasteiger partial charge in [0.2, 0.25) is 5.89 Å². The maximum atomic E-state index is 6.02. The molecule has 92 valence electrons. The van der Waals surface area contributed by atoms with Crippen molar-refractivity contribution < 1.29 is 4.42 Å². The van der Waals surface area contributed by atoms with Crippen molar-refractivity contribution in [3.63, 3.8) is 0 Å². The van der Waals surface area contributed by atoms with E-state index in [9.17, 15) is 0 Å². The van der Waals surface area contributed by atoms with Gasteiger partial charge in [-0.3, -0.25) is 0 Å². The number of hydrogen-bond donors (Lipinski definition) is 1. The molecule has 0 aliphatic heterocycles. The van der Waals surface area contributed by atoms with Gasteiger partial charge in [-0.05, 0) is 37.1 Å². The predicted molar refractivity (Wildman–Crippen MR) is 75.8 cm³/mol. The van der Waals surface area contributed by atoms with Gasteiger partial charge >= 0.3 is 0 Å². The Morgan fingerprint density at radius 2 is 2.17 bits per heavy atom. The zero-order valence-corrected chi connectivity index (χ0v) is 11.2. The summed E-state index contributed by atoms with van der Waals surface area (Å²) in [6, 6.07) is 8.05. The summed E-state index contributed by atoms with van der Waals surface area (Å²) in [4.78, 5) is 5.76. The van der Waals surface area contributed by atoms with E-state index in [2.05, 4.69) is 18.0 Å². The summed E-state index contributed by atoms with van der Waals surface area (Å²) in [7, 11) is 0. The first-order chi connectivity index (χ1) is 8.67. The maximum Gasteiger partial charge on any atom is 0.230 e. The minimum Gasteiger partial charge on any atom is -0.436 e. The summed E-state index contributed by atoms with van der Waals surface area (Å²) >= 11 is 1.60. The Morgan fingerprint density at radius 3 is 2.89 bits per heavy atom. The zero-order chi connectivity index (χ0) is 12.7. The van der Waals surface area contributed by atoms with Crippen LogP contribution in [0.15, 0.2) is 28.7 Å². The minimum atomic E-state index is 0.615. The van der Waals surface area contributed by atoms with Crippen LogP contribution in [-0.2, 0) is 6.42 Å². The lowest BCUT2D eigenvalue weighted by molar-refractivity contribution is 0.620. The van der Waals surface area contributed by atoms with Crippen LogP contribution in [-0.4, -0.2) is 4.98 Å². The Kier molecular flexibility index (Phi) is 2.59. The fraction of sp³-hybridized carbons (Fsp3) is 0.214. The lowest BCUT2D eigenvalue weighted by Gasteiger charge is -1.90. The van der Waals surface area contributed by atoms with E-state index in [1.165, 1.54) is 10.4 Å². The first kappa shape index (κ1) is 11.3. The number of nitrogens with zero attached hydrogens (tertiary/aromatic N) is 1. The molecule has 0 atom stereocenters. The number of nitrogen functional groups attached to an aromatic ring is 1. The molecule has 18 heavy (non-hydrogen) atoms. The van der Waals surface area contributed by atoms with Gasteiger partial charge in [0, 0.05) is 4.88 Å². The van der Waals surface area contributed by atoms with Gasteiger partial charge in [0.15, 0.2) is 5.58 Å². The van der Waals surface area contributed by atoms with Crippen molar-refractivity contribution in [2.75, 3.05) is 5.73 Å². The van der Waals surface area contributed by atoms with Gasteiger partial charge in [-0.15, -0.1) is 11.3 Å². The molecule has 0 saturated carbocycles. The van der Waals surface area contributed by atoms with E-state index < -0.39 is 0 Å². The van der Waals surface area contributed by atoms with E-state index in [0.29, 0.717) is 5.89 Å². The third-order valence-corrected chi connectivity index (χ3v) is 4.04. The normalized spacial score (nSPS) is 11.2. The summed E-state index contributed by atoms with van der Waals surface area (Å²) < 4.78 is 5.76. The average Bonchev–Trinajstić information content (AvgIpc) is 2.91. The summed E-state index contributed by atoms with van der Waals surface area (Å²) in [6.45, 7) is 4.16. The fourth-order valence-electron chi connectivity index (χ4n) is 1.95. The Hall–Kier alpha value is -1.81. The monoisotopic (exact) mass is 258 g/mol. The van der Waals surface area contributed by atoms with Crippen LogP contribution in [0.1, 0.15) is 17.4 Å². The van der Waals surface area contributed by atoms with Crippen LogP contribution in [0.5, 0.6) is 0 Å². The fourth-order valence-corrected chi connectivity index (χ4v) is 2.81. The first-order valence-corrected chi connectivity index (χ1v) is 6.74. The van der Waals surface area contributed by atoms with Crippen LogP contribution in [0.2, 0.25) is 0 Å². The van der Waals surface area contributed by atoms with Gasteiger partial charge in [-0.1, -0.05) is 13.0 Å². The topological polar surface area (TPSA) is 52.0 Å². The first-order valence-electron chi connectivity index (χ1n) is 5.93. The molecule has 0 saturated heterocycles. The number of hydrogen-bond acceptors (Lipinski definition) is 4. The molecule has 0 unspecified atom stereocenters. The van der Waals surface area contributed by atoms with Crippen LogP contribution in [0.4, 0.5) is 5.00 Å². The van der Waals surface area contributed by atoms with Gasteiger partial charge in [-0.2, -0.15) is 0 Å². The number of aromatic nitrogens is 1. The second-order valence-corrected chi connectivity index (χ2v) is 5.50. The van der Waals surface area contributed by atoms with Crippen LogP contribution in [0.3, 0.4) is 0 Å². The summed E-state index contributed by atoms with van der Waals surface area (Å²) in [5.74, 6) is 0.615. The number of aryl methyl sites for hydroxylation is 2. The molecule has 3 rings (SSSR count). The highest BCUT2D eigenvalue weighted by atomic mass is 32.1. The largest absolute Gasteiger partial charge is 0.436 e. The van der Waals surface area contributed by atoms with E-state index in [0.717, 1.165) is 28.1 Å². The maximum absolute atomic E-state index is 6.02. The number of nitrogens with two attached hydrogens (primary N) is 1. The lowest BCUT2D eigenvalue weighted by Crippen LogP contribution is -1.82. The van der Waals surface area contributed by atoms with Gasteiger partial charge in [0.05, 0.1) is 10.6 Å². The predicted octanol–water partition coefficient (Wildman–Crippen LogP) is 4.01. The molecule has 2 aromatic heterocycles. The van der Waals surface area contributed by atoms with Crippen molar-refractivity contribution >= 4 is 27.4 Å². The lowest BCUT2D eigenvalue weighted by atomic mass is 10.2. The summed E-state index contributed by atoms with van der Waals surface area (Å²) in [5, 5.41) is 0.773. The van der Waals surface area contributed by atoms with E-state index in [1.54, 1.807) is 11.3 Å². The average molecular weight is 258 g/mol. The van der Waals surface area contributed by atoms with Gasteiger partial charge < -0.3 is 10.2 Å². The Morgan fingerprint density at radius 1 is 1.33 bits per heavy atom. The van der Waals surface area contributed by atoms with Crippen molar-refractivity contribution in [1.29, 1.82) is 0 Å². The van der Waals surface area contributed by atoms with Gasteiger partial charge in [0.1, 0.15) is 5.52 Å². The third kappa shape index (κ3) is 1.78. The Balaban J connectivity index is 2.15. The SMILES string of the molecule is CCc1cc(-c2nc3cc(C)ccc3o2)c(N)s1. The molecule has 0 aliphatic rings. The number of fused-ring (bicyclic) bond motifs is 1. The molecule has 0 radical (unpaired) electrons. The molecule has 3 aromatic rings. The number of benzene rings is 1. The highest BCUT2D eigenvalue weighted by Gasteiger charge is 2.14.